The summed E-state index contributed by atoms with van der Waals surface area (Å²) in [6, 6.07) is 0. The molecule has 0 bridgehead atoms. The number of carbonyl (C=O) groups is 2. The third-order valence-electron chi connectivity index (χ3n) is 1.94. The smallest absolute Gasteiger partial charge is 0.331 e. The molecule has 0 saturated heterocycles. The molecule has 0 saturated carbocycles. The third kappa shape index (κ3) is 19.0. The van der Waals surface area contributed by atoms with Crippen LogP contribution in [0.25, 0.3) is 0 Å². The van der Waals surface area contributed by atoms with Crippen LogP contribution >= 0.6 is 0 Å². The zero-order valence-corrected chi connectivity index (χ0v) is 12.3. The average molecular weight is 290 g/mol. The van der Waals surface area contributed by atoms with Crippen molar-refractivity contribution in [3.8, 4) is 0 Å². The number of rotatable bonds is 9. The van der Waals surface area contributed by atoms with Crippen LogP contribution in [-0.4, -0.2) is 48.6 Å². The summed E-state index contributed by atoms with van der Waals surface area (Å²) < 4.78 is 9.65. The first-order valence-electron chi connectivity index (χ1n) is 6.85. The molecule has 0 aromatic rings. The molecular weight excluding hydrogens is 264 g/mol. The van der Waals surface area contributed by atoms with Gasteiger partial charge in [0, 0.05) is 12.2 Å². The fraction of sp³-hybridized carbons (Fsp3) is 0.714. The Morgan fingerprint density at radius 1 is 0.850 bits per heavy atom. The van der Waals surface area contributed by atoms with Crippen molar-refractivity contribution >= 4 is 11.9 Å². The van der Waals surface area contributed by atoms with Crippen molar-refractivity contribution in [1.82, 2.24) is 0 Å². The predicted octanol–water partition coefficient (Wildman–Crippen LogP) is 1.20. The lowest BCUT2D eigenvalue weighted by Gasteiger charge is -2.00. The SMILES string of the molecule is CCCCOC(=O)/C=C\C(=O)OCCCC.OCCO. The highest BCUT2D eigenvalue weighted by Gasteiger charge is 2.00. The van der Waals surface area contributed by atoms with E-state index in [1.165, 1.54) is 0 Å². The van der Waals surface area contributed by atoms with Gasteiger partial charge in [-0.25, -0.2) is 9.59 Å². The molecule has 118 valence electrons. The molecule has 0 heterocycles. The molecule has 0 rings (SSSR count). The van der Waals surface area contributed by atoms with Crippen LogP contribution in [-0.2, 0) is 19.1 Å². The average Bonchev–Trinajstić information content (AvgIpc) is 2.46. The van der Waals surface area contributed by atoms with Crippen LogP contribution in [0.15, 0.2) is 12.2 Å². The third-order valence-corrected chi connectivity index (χ3v) is 1.94. The number of hydrogen-bond acceptors (Lipinski definition) is 6. The lowest BCUT2D eigenvalue weighted by molar-refractivity contribution is -0.140. The van der Waals surface area contributed by atoms with E-state index >= 15 is 0 Å². The van der Waals surface area contributed by atoms with Crippen LogP contribution in [0.4, 0.5) is 0 Å². The van der Waals surface area contributed by atoms with Crippen molar-refractivity contribution in [2.45, 2.75) is 39.5 Å². The van der Waals surface area contributed by atoms with Gasteiger partial charge < -0.3 is 19.7 Å². The molecule has 6 heteroatoms. The summed E-state index contributed by atoms with van der Waals surface area (Å²) in [4.78, 5) is 22.1. The normalized spacial score (nSPS) is 9.80. The van der Waals surface area contributed by atoms with Gasteiger partial charge in [-0.1, -0.05) is 26.7 Å². The maximum absolute atomic E-state index is 11.0. The molecule has 0 aromatic heterocycles. The molecule has 0 atom stereocenters. The maximum Gasteiger partial charge on any atom is 0.331 e. The largest absolute Gasteiger partial charge is 0.463 e. The van der Waals surface area contributed by atoms with Crippen molar-refractivity contribution in [3.63, 3.8) is 0 Å². The van der Waals surface area contributed by atoms with Crippen LogP contribution in [0.2, 0.25) is 0 Å². The van der Waals surface area contributed by atoms with E-state index in [-0.39, 0.29) is 13.2 Å². The standard InChI is InChI=1S/C12H20O4.C2H6O2/c1-3-5-9-15-11(13)7-8-12(14)16-10-6-4-2;3-1-2-4/h7-8H,3-6,9-10H2,1-2H3;3-4H,1-2H2/b8-7-;. The number of esters is 2. The Labute approximate surface area is 120 Å². The molecule has 0 aliphatic carbocycles. The molecule has 0 amide bonds. The fourth-order valence-corrected chi connectivity index (χ4v) is 0.867. The van der Waals surface area contributed by atoms with Crippen LogP contribution in [0.3, 0.4) is 0 Å². The number of aliphatic hydroxyl groups is 2. The minimum absolute atomic E-state index is 0.125. The second-order valence-electron chi connectivity index (χ2n) is 3.82. The molecule has 0 unspecified atom stereocenters. The van der Waals surface area contributed by atoms with Crippen LogP contribution < -0.4 is 0 Å². The van der Waals surface area contributed by atoms with E-state index in [0.29, 0.717) is 13.2 Å². The van der Waals surface area contributed by atoms with Gasteiger partial charge in [-0.3, -0.25) is 0 Å². The molecule has 6 nitrogen and oxygen atoms in total. The first-order chi connectivity index (χ1) is 9.62. The van der Waals surface area contributed by atoms with Gasteiger partial charge in [-0.05, 0) is 12.8 Å². The lowest BCUT2D eigenvalue weighted by Crippen LogP contribution is -2.05. The van der Waals surface area contributed by atoms with E-state index in [4.69, 9.17) is 19.7 Å². The van der Waals surface area contributed by atoms with Gasteiger partial charge >= 0.3 is 11.9 Å². The zero-order valence-electron chi connectivity index (χ0n) is 12.3. The molecule has 0 radical (unpaired) electrons. The predicted molar refractivity (Wildman–Crippen MR) is 75.0 cm³/mol. The fourth-order valence-electron chi connectivity index (χ4n) is 0.867. The molecule has 0 aliphatic rings. The summed E-state index contributed by atoms with van der Waals surface area (Å²) in [7, 11) is 0. The van der Waals surface area contributed by atoms with Gasteiger partial charge in [-0.2, -0.15) is 0 Å². The summed E-state index contributed by atoms with van der Waals surface area (Å²) in [5, 5.41) is 15.2. The monoisotopic (exact) mass is 290 g/mol. The number of aliphatic hydroxyl groups excluding tert-OH is 2. The van der Waals surface area contributed by atoms with Gasteiger partial charge in [0.1, 0.15) is 0 Å². The summed E-state index contributed by atoms with van der Waals surface area (Å²) in [5.41, 5.74) is 0. The Morgan fingerprint density at radius 2 is 1.20 bits per heavy atom. The van der Waals surface area contributed by atoms with Crippen molar-refractivity contribution in [3.05, 3.63) is 12.2 Å². The summed E-state index contributed by atoms with van der Waals surface area (Å²) >= 11 is 0. The highest BCUT2D eigenvalue weighted by atomic mass is 16.5. The van der Waals surface area contributed by atoms with Gasteiger partial charge in [0.05, 0.1) is 26.4 Å². The van der Waals surface area contributed by atoms with Crippen molar-refractivity contribution in [2.75, 3.05) is 26.4 Å². The van der Waals surface area contributed by atoms with E-state index < -0.39 is 11.9 Å². The molecule has 0 aromatic carbocycles. The summed E-state index contributed by atoms with van der Waals surface area (Å²) in [6.07, 6.45) is 5.81. The molecule has 0 fully saturated rings. The van der Waals surface area contributed by atoms with Gasteiger partial charge in [0.2, 0.25) is 0 Å². The van der Waals surface area contributed by atoms with E-state index in [9.17, 15) is 9.59 Å². The topological polar surface area (TPSA) is 93.1 Å². The van der Waals surface area contributed by atoms with Crippen molar-refractivity contribution in [1.29, 1.82) is 0 Å². The Kier molecular flexibility index (Phi) is 18.4. The first-order valence-corrected chi connectivity index (χ1v) is 6.85. The quantitative estimate of drug-likeness (QED) is 0.376. The van der Waals surface area contributed by atoms with Gasteiger partial charge in [0.25, 0.3) is 0 Å². The second-order valence-corrected chi connectivity index (χ2v) is 3.82. The number of unbranched alkanes of at least 4 members (excludes halogenated alkanes) is 2. The van der Waals surface area contributed by atoms with E-state index in [0.717, 1.165) is 37.8 Å². The van der Waals surface area contributed by atoms with Crippen molar-refractivity contribution < 1.29 is 29.3 Å². The lowest BCUT2D eigenvalue weighted by atomic mass is 10.4. The Bertz CT molecular complexity index is 236. The second kappa shape index (κ2) is 17.6. The Morgan fingerprint density at radius 3 is 1.45 bits per heavy atom. The zero-order chi connectivity index (χ0) is 15.6. The van der Waals surface area contributed by atoms with Crippen molar-refractivity contribution in [2.24, 2.45) is 0 Å². The van der Waals surface area contributed by atoms with Crippen LogP contribution in [0.1, 0.15) is 39.5 Å². The minimum atomic E-state index is -0.499. The number of hydrogen-bond donors (Lipinski definition) is 2. The highest BCUT2D eigenvalue weighted by Crippen LogP contribution is 1.92. The Balaban J connectivity index is 0. The molecule has 0 aliphatic heterocycles. The first kappa shape index (κ1) is 20.9. The summed E-state index contributed by atoms with van der Waals surface area (Å²) in [6.45, 7) is 4.55. The van der Waals surface area contributed by atoms with E-state index in [1.54, 1.807) is 0 Å². The molecule has 20 heavy (non-hydrogen) atoms. The number of carbonyl (C=O) groups excluding carboxylic acids is 2. The van der Waals surface area contributed by atoms with Gasteiger partial charge in [0.15, 0.2) is 0 Å². The number of ether oxygens (including phenoxy) is 2. The van der Waals surface area contributed by atoms with Crippen LogP contribution in [0.5, 0.6) is 0 Å². The van der Waals surface area contributed by atoms with E-state index in [2.05, 4.69) is 0 Å². The van der Waals surface area contributed by atoms with Gasteiger partial charge in [-0.15, -0.1) is 0 Å². The maximum atomic E-state index is 11.0. The van der Waals surface area contributed by atoms with E-state index in [1.807, 2.05) is 13.8 Å². The summed E-state index contributed by atoms with van der Waals surface area (Å²) in [5.74, 6) is -0.998. The minimum Gasteiger partial charge on any atom is -0.463 e. The molecule has 2 N–H and O–H groups in total. The molecular formula is C14H26O6. The molecule has 0 spiro atoms. The van der Waals surface area contributed by atoms with Crippen LogP contribution in [0, 0.1) is 0 Å². The Hall–Kier alpha value is -1.40. The highest BCUT2D eigenvalue weighted by molar-refractivity contribution is 5.91.